The third-order valence-corrected chi connectivity index (χ3v) is 5.13. The number of carbonyl (C=O) groups is 2. The molecule has 1 aliphatic rings. The van der Waals surface area contributed by atoms with Gasteiger partial charge in [0.25, 0.3) is 0 Å². The van der Waals surface area contributed by atoms with Gasteiger partial charge in [-0.25, -0.2) is 0 Å². The molecular weight excluding hydrogens is 322 g/mol. The summed E-state index contributed by atoms with van der Waals surface area (Å²) in [5.74, 6) is 0.0494. The van der Waals surface area contributed by atoms with Gasteiger partial charge in [0.05, 0.1) is 19.1 Å². The van der Waals surface area contributed by atoms with Crippen molar-refractivity contribution < 1.29 is 9.59 Å². The van der Waals surface area contributed by atoms with E-state index >= 15 is 0 Å². The minimum absolute atomic E-state index is 0.0522. The van der Waals surface area contributed by atoms with E-state index in [2.05, 4.69) is 23.7 Å². The minimum atomic E-state index is -0.253. The largest absolute Gasteiger partial charge is 0.350 e. The minimum Gasteiger partial charge on any atom is -0.350 e. The summed E-state index contributed by atoms with van der Waals surface area (Å²) in [6.45, 7) is 9.26. The SMILES string of the molecule is CCC1c2ccsc2CCN1C(=O)CN(C)CC(=O)NC(C)(C)C. The quantitative estimate of drug-likeness (QED) is 0.886. The maximum Gasteiger partial charge on any atom is 0.237 e. The molecule has 0 bridgehead atoms. The number of nitrogens with one attached hydrogen (secondary N) is 1. The molecule has 1 aliphatic heterocycles. The topological polar surface area (TPSA) is 52.7 Å². The Hall–Kier alpha value is -1.40. The Bertz CT molecular complexity index is 591. The summed E-state index contributed by atoms with van der Waals surface area (Å²) in [5, 5.41) is 5.04. The Morgan fingerprint density at radius 1 is 1.38 bits per heavy atom. The van der Waals surface area contributed by atoms with Crippen LogP contribution in [0.25, 0.3) is 0 Å². The summed E-state index contributed by atoms with van der Waals surface area (Å²) in [5.41, 5.74) is 1.05. The van der Waals surface area contributed by atoms with Crippen molar-refractivity contribution >= 4 is 23.2 Å². The smallest absolute Gasteiger partial charge is 0.237 e. The molecule has 0 radical (unpaired) electrons. The predicted molar refractivity (Wildman–Crippen MR) is 98.2 cm³/mol. The van der Waals surface area contributed by atoms with Crippen LogP contribution in [0.3, 0.4) is 0 Å². The van der Waals surface area contributed by atoms with Gasteiger partial charge in [0.15, 0.2) is 0 Å². The van der Waals surface area contributed by atoms with Gasteiger partial charge in [-0.3, -0.25) is 14.5 Å². The number of thiophene rings is 1. The molecule has 6 heteroatoms. The number of hydrogen-bond acceptors (Lipinski definition) is 4. The molecule has 24 heavy (non-hydrogen) atoms. The van der Waals surface area contributed by atoms with Crippen LogP contribution in [0.1, 0.15) is 50.6 Å². The van der Waals surface area contributed by atoms with E-state index in [1.54, 1.807) is 16.2 Å². The maximum absolute atomic E-state index is 12.7. The normalized spacial score (nSPS) is 17.8. The van der Waals surface area contributed by atoms with Crippen molar-refractivity contribution in [1.82, 2.24) is 15.1 Å². The molecule has 134 valence electrons. The Labute approximate surface area is 149 Å². The summed E-state index contributed by atoms with van der Waals surface area (Å²) in [7, 11) is 1.82. The fraction of sp³-hybridized carbons (Fsp3) is 0.667. The fourth-order valence-electron chi connectivity index (χ4n) is 3.22. The zero-order valence-corrected chi connectivity index (χ0v) is 16.2. The monoisotopic (exact) mass is 351 g/mol. The van der Waals surface area contributed by atoms with Crippen LogP contribution in [0, 0.1) is 0 Å². The van der Waals surface area contributed by atoms with E-state index in [4.69, 9.17) is 0 Å². The number of rotatable bonds is 5. The van der Waals surface area contributed by atoms with Gasteiger partial charge < -0.3 is 10.2 Å². The van der Waals surface area contributed by atoms with Crippen LogP contribution in [-0.2, 0) is 16.0 Å². The van der Waals surface area contributed by atoms with Crippen LogP contribution in [0.5, 0.6) is 0 Å². The van der Waals surface area contributed by atoms with E-state index < -0.39 is 0 Å². The van der Waals surface area contributed by atoms with Crippen molar-refractivity contribution in [2.45, 2.75) is 52.1 Å². The van der Waals surface area contributed by atoms with Crippen LogP contribution in [0.15, 0.2) is 11.4 Å². The molecular formula is C18H29N3O2S. The summed E-state index contributed by atoms with van der Waals surface area (Å²) in [6, 6.07) is 2.32. The molecule has 2 rings (SSSR count). The predicted octanol–water partition coefficient (Wildman–Crippen LogP) is 2.43. The first-order chi connectivity index (χ1) is 11.2. The van der Waals surface area contributed by atoms with E-state index in [1.165, 1.54) is 10.4 Å². The molecule has 5 nitrogen and oxygen atoms in total. The van der Waals surface area contributed by atoms with E-state index in [0.717, 1.165) is 19.4 Å². The second-order valence-electron chi connectivity index (χ2n) is 7.53. The van der Waals surface area contributed by atoms with E-state index in [9.17, 15) is 9.59 Å². The van der Waals surface area contributed by atoms with Crippen LogP contribution in [-0.4, -0.2) is 53.8 Å². The van der Waals surface area contributed by atoms with Crippen LogP contribution in [0.2, 0.25) is 0 Å². The maximum atomic E-state index is 12.7. The zero-order chi connectivity index (χ0) is 17.9. The van der Waals surface area contributed by atoms with Crippen molar-refractivity contribution in [2.24, 2.45) is 0 Å². The van der Waals surface area contributed by atoms with Gasteiger partial charge in [-0.2, -0.15) is 0 Å². The second-order valence-corrected chi connectivity index (χ2v) is 8.53. The molecule has 1 aromatic rings. The first-order valence-corrected chi connectivity index (χ1v) is 9.44. The van der Waals surface area contributed by atoms with Crippen LogP contribution < -0.4 is 5.32 Å². The molecule has 1 N–H and O–H groups in total. The molecule has 0 fully saturated rings. The summed E-state index contributed by atoms with van der Waals surface area (Å²) >= 11 is 1.78. The molecule has 2 amide bonds. The zero-order valence-electron chi connectivity index (χ0n) is 15.4. The Kier molecular flexibility index (Phi) is 6.04. The Morgan fingerprint density at radius 2 is 2.08 bits per heavy atom. The van der Waals surface area contributed by atoms with Gasteiger partial charge in [-0.1, -0.05) is 6.92 Å². The molecule has 0 spiro atoms. The molecule has 1 atom stereocenters. The molecule has 0 saturated carbocycles. The third kappa shape index (κ3) is 4.80. The highest BCUT2D eigenvalue weighted by Gasteiger charge is 2.30. The van der Waals surface area contributed by atoms with Gasteiger partial charge >= 0.3 is 0 Å². The number of carbonyl (C=O) groups excluding carboxylic acids is 2. The number of fused-ring (bicyclic) bond motifs is 1. The van der Waals surface area contributed by atoms with Crippen LogP contribution in [0.4, 0.5) is 0 Å². The molecule has 1 unspecified atom stereocenters. The van der Waals surface area contributed by atoms with Gasteiger partial charge in [-0.15, -0.1) is 11.3 Å². The van der Waals surface area contributed by atoms with Gasteiger partial charge in [0.1, 0.15) is 0 Å². The molecule has 0 aliphatic carbocycles. The molecule has 0 aromatic carbocycles. The highest BCUT2D eigenvalue weighted by atomic mass is 32.1. The van der Waals surface area contributed by atoms with Crippen molar-refractivity contribution in [3.05, 3.63) is 21.9 Å². The van der Waals surface area contributed by atoms with Crippen LogP contribution >= 0.6 is 11.3 Å². The van der Waals surface area contributed by atoms with E-state index in [0.29, 0.717) is 0 Å². The highest BCUT2D eigenvalue weighted by molar-refractivity contribution is 7.10. The van der Waals surface area contributed by atoms with Crippen molar-refractivity contribution in [2.75, 3.05) is 26.7 Å². The summed E-state index contributed by atoms with van der Waals surface area (Å²) in [4.78, 5) is 29.9. The Balaban J connectivity index is 1.93. The van der Waals surface area contributed by atoms with Gasteiger partial charge in [-0.05, 0) is 57.7 Å². The highest BCUT2D eigenvalue weighted by Crippen LogP contribution is 2.35. The number of hydrogen-bond donors (Lipinski definition) is 1. The lowest BCUT2D eigenvalue weighted by Crippen LogP contribution is -2.48. The molecule has 1 aromatic heterocycles. The first-order valence-electron chi connectivity index (χ1n) is 8.56. The van der Waals surface area contributed by atoms with E-state index in [1.807, 2.05) is 32.7 Å². The fourth-order valence-corrected chi connectivity index (χ4v) is 4.14. The summed E-state index contributed by atoms with van der Waals surface area (Å²) in [6.07, 6.45) is 1.85. The van der Waals surface area contributed by atoms with Crippen molar-refractivity contribution in [3.8, 4) is 0 Å². The lowest BCUT2D eigenvalue weighted by molar-refractivity contribution is -0.135. The Morgan fingerprint density at radius 3 is 2.71 bits per heavy atom. The number of likely N-dealkylation sites (N-methyl/N-ethyl adjacent to an activating group) is 1. The standard InChI is InChI=1S/C18H29N3O2S/c1-6-14-13-8-10-24-15(13)7-9-21(14)17(23)12-20(5)11-16(22)19-18(2,3)4/h8,10,14H,6-7,9,11-12H2,1-5H3,(H,19,22). The summed E-state index contributed by atoms with van der Waals surface area (Å²) < 4.78 is 0. The third-order valence-electron chi connectivity index (χ3n) is 4.14. The van der Waals surface area contributed by atoms with Crippen molar-refractivity contribution in [1.29, 1.82) is 0 Å². The molecule has 0 saturated heterocycles. The number of amides is 2. The second kappa shape index (κ2) is 7.66. The molecule has 2 heterocycles. The van der Waals surface area contributed by atoms with Gasteiger partial charge in [0.2, 0.25) is 11.8 Å². The lowest BCUT2D eigenvalue weighted by atomic mass is 9.97. The number of nitrogens with zero attached hydrogens (tertiary/aromatic N) is 2. The lowest BCUT2D eigenvalue weighted by Gasteiger charge is -2.36. The van der Waals surface area contributed by atoms with Gasteiger partial charge in [0, 0.05) is 17.0 Å². The van der Waals surface area contributed by atoms with Crippen molar-refractivity contribution in [3.63, 3.8) is 0 Å². The average molecular weight is 352 g/mol. The first kappa shape index (κ1) is 18.9. The van der Waals surface area contributed by atoms with E-state index in [-0.39, 0.29) is 36.5 Å². The average Bonchev–Trinajstić information content (AvgIpc) is 2.91.